The second-order valence-electron chi connectivity index (χ2n) is 6.72. The molecule has 1 fully saturated rings. The number of fused-ring (bicyclic) bond motifs is 1. The molecule has 0 aromatic heterocycles. The lowest BCUT2D eigenvalue weighted by Crippen LogP contribution is -2.45. The van der Waals surface area contributed by atoms with Gasteiger partial charge >= 0.3 is 6.09 Å². The summed E-state index contributed by atoms with van der Waals surface area (Å²) in [6, 6.07) is 3.97. The molecule has 26 heavy (non-hydrogen) atoms. The number of methoxy groups -OCH3 is 3. The number of amides is 2. The lowest BCUT2D eigenvalue weighted by atomic mass is 9.93. The normalized spacial score (nSPS) is 17.5. The second-order valence-corrected chi connectivity index (χ2v) is 6.72. The summed E-state index contributed by atoms with van der Waals surface area (Å²) < 4.78 is 15.5. The fraction of sp³-hybridized carbons (Fsp3) is 0.579. The smallest absolute Gasteiger partial charge is 0.409 e. The van der Waals surface area contributed by atoms with Crippen molar-refractivity contribution in [2.24, 2.45) is 5.92 Å². The maximum atomic E-state index is 12.9. The van der Waals surface area contributed by atoms with E-state index in [4.69, 9.17) is 14.2 Å². The zero-order valence-electron chi connectivity index (χ0n) is 15.6. The molecule has 2 aliphatic heterocycles. The summed E-state index contributed by atoms with van der Waals surface area (Å²) in [7, 11) is 4.63. The maximum absolute atomic E-state index is 12.9. The van der Waals surface area contributed by atoms with Gasteiger partial charge in [0, 0.05) is 32.1 Å². The van der Waals surface area contributed by atoms with E-state index in [-0.39, 0.29) is 17.9 Å². The van der Waals surface area contributed by atoms with Gasteiger partial charge < -0.3 is 24.0 Å². The van der Waals surface area contributed by atoms with Gasteiger partial charge in [0.2, 0.25) is 5.91 Å². The summed E-state index contributed by atoms with van der Waals surface area (Å²) in [6.07, 6.45) is 1.86. The Balaban J connectivity index is 1.65. The van der Waals surface area contributed by atoms with Crippen molar-refractivity contribution in [1.82, 2.24) is 9.80 Å². The van der Waals surface area contributed by atoms with E-state index < -0.39 is 0 Å². The van der Waals surface area contributed by atoms with Crippen LogP contribution in [0.1, 0.15) is 24.0 Å². The van der Waals surface area contributed by atoms with Crippen LogP contribution in [0, 0.1) is 5.92 Å². The third kappa shape index (κ3) is 3.57. The molecule has 0 N–H and O–H groups in total. The second kappa shape index (κ2) is 7.85. The van der Waals surface area contributed by atoms with Gasteiger partial charge in [0.1, 0.15) is 0 Å². The van der Waals surface area contributed by atoms with E-state index in [0.29, 0.717) is 44.8 Å². The maximum Gasteiger partial charge on any atom is 0.409 e. The number of hydrogen-bond acceptors (Lipinski definition) is 5. The summed E-state index contributed by atoms with van der Waals surface area (Å²) in [4.78, 5) is 28.1. The predicted octanol–water partition coefficient (Wildman–Crippen LogP) is 2.07. The molecule has 0 bridgehead atoms. The highest BCUT2D eigenvalue weighted by atomic mass is 16.5. The summed E-state index contributed by atoms with van der Waals surface area (Å²) in [5.74, 6) is 1.56. The van der Waals surface area contributed by atoms with Crippen LogP contribution in [0.15, 0.2) is 12.1 Å². The van der Waals surface area contributed by atoms with Gasteiger partial charge in [-0.1, -0.05) is 0 Å². The topological polar surface area (TPSA) is 68.3 Å². The lowest BCUT2D eigenvalue weighted by Gasteiger charge is -2.35. The van der Waals surface area contributed by atoms with Gasteiger partial charge in [0.15, 0.2) is 11.5 Å². The molecule has 1 aromatic rings. The van der Waals surface area contributed by atoms with E-state index >= 15 is 0 Å². The largest absolute Gasteiger partial charge is 0.493 e. The third-order valence-electron chi connectivity index (χ3n) is 5.31. The molecule has 3 rings (SSSR count). The van der Waals surface area contributed by atoms with Crippen molar-refractivity contribution >= 4 is 12.0 Å². The van der Waals surface area contributed by atoms with Gasteiger partial charge in [-0.05, 0) is 42.5 Å². The average Bonchev–Trinajstić information content (AvgIpc) is 2.71. The molecule has 1 aromatic carbocycles. The third-order valence-corrected chi connectivity index (χ3v) is 5.31. The quantitative estimate of drug-likeness (QED) is 0.823. The Labute approximate surface area is 153 Å². The van der Waals surface area contributed by atoms with Crippen molar-refractivity contribution in [3.63, 3.8) is 0 Å². The highest BCUT2D eigenvalue weighted by Crippen LogP contribution is 2.34. The molecule has 7 nitrogen and oxygen atoms in total. The Kier molecular flexibility index (Phi) is 5.54. The number of carbonyl (C=O) groups excluding carboxylic acids is 2. The first-order chi connectivity index (χ1) is 12.6. The molecule has 1 saturated heterocycles. The van der Waals surface area contributed by atoms with Gasteiger partial charge in [0.25, 0.3) is 0 Å². The van der Waals surface area contributed by atoms with Crippen LogP contribution in [0.5, 0.6) is 11.5 Å². The van der Waals surface area contributed by atoms with Crippen molar-refractivity contribution in [3.8, 4) is 11.5 Å². The average molecular weight is 362 g/mol. The molecule has 2 amide bonds. The van der Waals surface area contributed by atoms with Crippen LogP contribution < -0.4 is 9.47 Å². The molecule has 0 unspecified atom stereocenters. The van der Waals surface area contributed by atoms with Crippen LogP contribution in [-0.4, -0.2) is 62.8 Å². The molecule has 0 atom stereocenters. The summed E-state index contributed by atoms with van der Waals surface area (Å²) in [6.45, 7) is 2.43. The fourth-order valence-electron chi connectivity index (χ4n) is 3.77. The summed E-state index contributed by atoms with van der Waals surface area (Å²) >= 11 is 0. The van der Waals surface area contributed by atoms with E-state index in [0.717, 1.165) is 17.7 Å². The molecular weight excluding hydrogens is 336 g/mol. The van der Waals surface area contributed by atoms with Crippen LogP contribution >= 0.6 is 0 Å². The number of piperidine rings is 1. The number of rotatable bonds is 3. The van der Waals surface area contributed by atoms with Crippen LogP contribution in [0.25, 0.3) is 0 Å². The first-order valence-corrected chi connectivity index (χ1v) is 8.92. The van der Waals surface area contributed by atoms with Gasteiger partial charge in [-0.2, -0.15) is 0 Å². The lowest BCUT2D eigenvalue weighted by molar-refractivity contribution is -0.138. The Morgan fingerprint density at radius 2 is 1.54 bits per heavy atom. The number of benzene rings is 1. The Hall–Kier alpha value is -2.44. The Bertz CT molecular complexity index is 683. The minimum absolute atomic E-state index is 0.0300. The number of carbonyl (C=O) groups is 2. The first kappa shape index (κ1) is 18.4. The predicted molar refractivity (Wildman–Crippen MR) is 95.4 cm³/mol. The molecule has 0 saturated carbocycles. The minimum Gasteiger partial charge on any atom is -0.493 e. The van der Waals surface area contributed by atoms with Crippen molar-refractivity contribution in [2.75, 3.05) is 41.0 Å². The van der Waals surface area contributed by atoms with Crippen LogP contribution in [0.3, 0.4) is 0 Å². The molecule has 7 heteroatoms. The summed E-state index contributed by atoms with van der Waals surface area (Å²) in [5.41, 5.74) is 2.31. The van der Waals surface area contributed by atoms with Crippen LogP contribution in [-0.2, 0) is 22.5 Å². The van der Waals surface area contributed by atoms with Gasteiger partial charge in [0.05, 0.1) is 21.3 Å². The molecule has 142 valence electrons. The van der Waals surface area contributed by atoms with Crippen molar-refractivity contribution < 1.29 is 23.8 Å². The zero-order valence-corrected chi connectivity index (χ0v) is 15.6. The monoisotopic (exact) mass is 362 g/mol. The molecule has 2 heterocycles. The number of likely N-dealkylation sites (tertiary alicyclic amines) is 1. The standard InChI is InChI=1S/C19H26N2O5/c1-24-16-10-14-6-9-21(12-15(14)11-17(16)25-2)18(22)13-4-7-20(8-5-13)19(23)26-3/h10-11,13H,4-9,12H2,1-3H3. The van der Waals surface area contributed by atoms with Crippen LogP contribution in [0.4, 0.5) is 4.79 Å². The summed E-state index contributed by atoms with van der Waals surface area (Å²) in [5, 5.41) is 0. The van der Waals surface area contributed by atoms with Gasteiger partial charge in [-0.25, -0.2) is 4.79 Å². The zero-order chi connectivity index (χ0) is 18.7. The van der Waals surface area contributed by atoms with E-state index in [1.807, 2.05) is 17.0 Å². The minimum atomic E-state index is -0.316. The number of nitrogens with zero attached hydrogens (tertiary/aromatic N) is 2. The van der Waals surface area contributed by atoms with Crippen molar-refractivity contribution in [2.45, 2.75) is 25.8 Å². The molecular formula is C19H26N2O5. The van der Waals surface area contributed by atoms with Gasteiger partial charge in [-0.3, -0.25) is 4.79 Å². The molecule has 2 aliphatic rings. The Morgan fingerprint density at radius 3 is 2.12 bits per heavy atom. The van der Waals surface area contributed by atoms with E-state index in [9.17, 15) is 9.59 Å². The molecule has 0 radical (unpaired) electrons. The fourth-order valence-corrected chi connectivity index (χ4v) is 3.77. The number of ether oxygens (including phenoxy) is 3. The van der Waals surface area contributed by atoms with E-state index in [2.05, 4.69) is 0 Å². The highest BCUT2D eigenvalue weighted by Gasteiger charge is 2.32. The van der Waals surface area contributed by atoms with Gasteiger partial charge in [-0.15, -0.1) is 0 Å². The van der Waals surface area contributed by atoms with Crippen LogP contribution in [0.2, 0.25) is 0 Å². The highest BCUT2D eigenvalue weighted by molar-refractivity contribution is 5.79. The molecule has 0 aliphatic carbocycles. The first-order valence-electron chi connectivity index (χ1n) is 8.92. The van der Waals surface area contributed by atoms with E-state index in [1.165, 1.54) is 12.7 Å². The SMILES string of the molecule is COC(=O)N1CCC(C(=O)N2CCc3cc(OC)c(OC)cc3C2)CC1. The Morgan fingerprint density at radius 1 is 0.923 bits per heavy atom. The van der Waals surface area contributed by atoms with E-state index in [1.54, 1.807) is 19.1 Å². The van der Waals surface area contributed by atoms with Crippen molar-refractivity contribution in [1.29, 1.82) is 0 Å². The molecule has 0 spiro atoms. The number of hydrogen-bond donors (Lipinski definition) is 0. The van der Waals surface area contributed by atoms with Crippen molar-refractivity contribution in [3.05, 3.63) is 23.3 Å².